The van der Waals surface area contributed by atoms with Gasteiger partial charge in [0.15, 0.2) is 0 Å². The molecule has 2 atom stereocenters. The number of hydrogen-bond donors (Lipinski definition) is 2. The van der Waals surface area contributed by atoms with E-state index in [1.807, 2.05) is 6.08 Å². The summed E-state index contributed by atoms with van der Waals surface area (Å²) in [7, 11) is -8.77. The first kappa shape index (κ1) is 28.6. The van der Waals surface area contributed by atoms with Gasteiger partial charge in [0, 0.05) is 6.66 Å². The zero-order valence-electron chi connectivity index (χ0n) is 19.6. The highest BCUT2D eigenvalue weighted by Gasteiger charge is 2.29. The van der Waals surface area contributed by atoms with E-state index in [4.69, 9.17) is 14.2 Å². The van der Waals surface area contributed by atoms with Crippen molar-refractivity contribution in [3.8, 4) is 5.75 Å². The fourth-order valence-electron chi connectivity index (χ4n) is 2.68. The third-order valence-corrected chi connectivity index (χ3v) is 6.85. The summed E-state index contributed by atoms with van der Waals surface area (Å²) in [6.45, 7) is 9.43. The van der Waals surface area contributed by atoms with Gasteiger partial charge in [-0.05, 0) is 77.2 Å². The molecule has 0 aliphatic rings. The number of phosphoric ester groups is 1. The van der Waals surface area contributed by atoms with Crippen LogP contribution < -0.4 is 4.74 Å². The Morgan fingerprint density at radius 3 is 2.22 bits per heavy atom. The van der Waals surface area contributed by atoms with E-state index < -0.39 is 15.4 Å². The summed E-state index contributed by atoms with van der Waals surface area (Å²) in [5, 5.41) is 0. The van der Waals surface area contributed by atoms with E-state index in [0.717, 1.165) is 32.3 Å². The molecule has 0 radical (unpaired) electrons. The van der Waals surface area contributed by atoms with Crippen LogP contribution in [0.25, 0.3) is 0 Å². The standard InChI is InChI=1S/C23H36O7P2/c1-19(2)9-6-7-10-20(3)13-14-21(4)15-16-28-23-12-8-11-22(17-23)18-29-32(26,27)30-31(5,24)25/h8-12,15,17H,6-7,13-14,16,18H2,1-5H3,(H,24,25)(H,26,27)/b20-10+,21-15+. The second-order valence-electron chi connectivity index (χ2n) is 8.04. The third-order valence-electron chi connectivity index (χ3n) is 4.36. The minimum atomic E-state index is -4.63. The Hall–Kier alpha value is -1.46. The molecule has 0 amide bonds. The number of allylic oxidation sites excluding steroid dienone is 5. The van der Waals surface area contributed by atoms with Crippen molar-refractivity contribution in [1.29, 1.82) is 0 Å². The number of benzene rings is 1. The molecule has 0 bridgehead atoms. The Kier molecular flexibility index (Phi) is 12.5. The highest BCUT2D eigenvalue weighted by atomic mass is 31.3. The summed E-state index contributed by atoms with van der Waals surface area (Å²) in [4.78, 5) is 18.6. The highest BCUT2D eigenvalue weighted by molar-refractivity contribution is 7.63. The Morgan fingerprint density at radius 2 is 1.59 bits per heavy atom. The maximum atomic E-state index is 11.7. The van der Waals surface area contributed by atoms with Crippen LogP contribution >= 0.6 is 15.4 Å². The molecule has 0 spiro atoms. The van der Waals surface area contributed by atoms with E-state index in [1.54, 1.807) is 24.3 Å². The second kappa shape index (κ2) is 13.9. The lowest BCUT2D eigenvalue weighted by Gasteiger charge is -2.14. The van der Waals surface area contributed by atoms with Gasteiger partial charge < -0.3 is 14.5 Å². The van der Waals surface area contributed by atoms with Gasteiger partial charge in [-0.25, -0.2) is 8.88 Å². The van der Waals surface area contributed by atoms with Gasteiger partial charge in [-0.2, -0.15) is 0 Å². The molecule has 1 aromatic rings. The number of phosphoric acid groups is 1. The lowest BCUT2D eigenvalue weighted by Crippen LogP contribution is -1.98. The van der Waals surface area contributed by atoms with Crippen LogP contribution in [0.3, 0.4) is 0 Å². The summed E-state index contributed by atoms with van der Waals surface area (Å²) in [6.07, 6.45) is 10.7. The first-order chi connectivity index (χ1) is 14.9. The first-order valence-electron chi connectivity index (χ1n) is 10.5. The molecule has 180 valence electrons. The Morgan fingerprint density at radius 1 is 0.969 bits per heavy atom. The summed E-state index contributed by atoms with van der Waals surface area (Å²) in [5.74, 6) is 0.586. The molecule has 32 heavy (non-hydrogen) atoms. The van der Waals surface area contributed by atoms with E-state index in [9.17, 15) is 14.0 Å². The molecule has 0 heterocycles. The zero-order valence-corrected chi connectivity index (χ0v) is 21.4. The van der Waals surface area contributed by atoms with Crippen molar-refractivity contribution in [2.75, 3.05) is 13.3 Å². The number of ether oxygens (including phenoxy) is 1. The average molecular weight is 486 g/mol. The van der Waals surface area contributed by atoms with Crippen molar-refractivity contribution in [2.24, 2.45) is 0 Å². The molecule has 1 rings (SSSR count). The van der Waals surface area contributed by atoms with Gasteiger partial charge >= 0.3 is 15.4 Å². The van der Waals surface area contributed by atoms with Gasteiger partial charge in [0.2, 0.25) is 0 Å². The first-order valence-corrected chi connectivity index (χ1v) is 14.0. The molecule has 0 aliphatic carbocycles. The predicted molar refractivity (Wildman–Crippen MR) is 129 cm³/mol. The quantitative estimate of drug-likeness (QED) is 0.167. The minimum Gasteiger partial charge on any atom is -0.490 e. The Bertz CT molecular complexity index is 909. The molecule has 0 aliphatic heterocycles. The molecule has 0 fully saturated rings. The fraction of sp³-hybridized carbons (Fsp3) is 0.478. The zero-order chi connectivity index (χ0) is 24.2. The molecule has 2 N–H and O–H groups in total. The monoisotopic (exact) mass is 486 g/mol. The molecule has 1 aromatic carbocycles. The third kappa shape index (κ3) is 14.6. The Labute approximate surface area is 192 Å². The molecule has 0 saturated heterocycles. The van der Waals surface area contributed by atoms with Crippen molar-refractivity contribution in [1.82, 2.24) is 0 Å². The lowest BCUT2D eigenvalue weighted by molar-refractivity contribution is 0.189. The van der Waals surface area contributed by atoms with Gasteiger partial charge in [0.25, 0.3) is 0 Å². The van der Waals surface area contributed by atoms with Crippen LogP contribution in [0.4, 0.5) is 0 Å². The van der Waals surface area contributed by atoms with E-state index >= 15 is 0 Å². The molecule has 0 saturated carbocycles. The van der Waals surface area contributed by atoms with Crippen LogP contribution in [-0.4, -0.2) is 23.1 Å². The van der Waals surface area contributed by atoms with Gasteiger partial charge in [-0.15, -0.1) is 0 Å². The van der Waals surface area contributed by atoms with Crippen LogP contribution in [-0.2, 0) is 24.6 Å². The normalized spacial score (nSPS) is 16.2. The topological polar surface area (TPSA) is 102 Å². The van der Waals surface area contributed by atoms with Crippen molar-refractivity contribution in [2.45, 2.75) is 60.0 Å². The van der Waals surface area contributed by atoms with Crippen molar-refractivity contribution >= 4 is 15.4 Å². The minimum absolute atomic E-state index is 0.265. The molecule has 7 nitrogen and oxygen atoms in total. The fourth-order valence-corrected chi connectivity index (χ4v) is 4.71. The summed E-state index contributed by atoms with van der Waals surface area (Å²) >= 11 is 0. The maximum absolute atomic E-state index is 11.7. The molecule has 2 unspecified atom stereocenters. The van der Waals surface area contributed by atoms with Gasteiger partial charge in [-0.1, -0.05) is 41.0 Å². The number of unbranched alkanes of at least 4 members (excludes halogenated alkanes) is 1. The van der Waals surface area contributed by atoms with E-state index in [1.165, 1.54) is 16.7 Å². The van der Waals surface area contributed by atoms with Crippen LogP contribution in [0.5, 0.6) is 5.75 Å². The van der Waals surface area contributed by atoms with Gasteiger partial charge in [-0.3, -0.25) is 9.09 Å². The number of rotatable bonds is 14. The maximum Gasteiger partial charge on any atom is 0.479 e. The molecular weight excluding hydrogens is 450 g/mol. The number of hydrogen-bond acceptors (Lipinski definition) is 5. The predicted octanol–water partition coefficient (Wildman–Crippen LogP) is 6.93. The highest BCUT2D eigenvalue weighted by Crippen LogP contribution is 2.58. The van der Waals surface area contributed by atoms with Crippen molar-refractivity contribution < 1.29 is 32.5 Å². The van der Waals surface area contributed by atoms with Crippen LogP contribution in [0.2, 0.25) is 0 Å². The van der Waals surface area contributed by atoms with Crippen LogP contribution in [0.1, 0.15) is 58.9 Å². The lowest BCUT2D eigenvalue weighted by atomic mass is 10.1. The SMILES string of the molecule is CC(C)=CCC/C=C(\C)CC/C(C)=C/COc1cccc(COP(=O)(O)OP(C)(=O)O)c1. The molecule has 9 heteroatoms. The van der Waals surface area contributed by atoms with Crippen LogP contribution in [0, 0.1) is 0 Å². The summed E-state index contributed by atoms with van der Waals surface area (Å²) in [6, 6.07) is 6.86. The van der Waals surface area contributed by atoms with Crippen LogP contribution in [0.15, 0.2) is 59.2 Å². The van der Waals surface area contributed by atoms with Gasteiger partial charge in [0.05, 0.1) is 6.61 Å². The smallest absolute Gasteiger partial charge is 0.479 e. The second-order valence-corrected chi connectivity index (χ2v) is 11.5. The summed E-state index contributed by atoms with van der Waals surface area (Å²) < 4.78 is 37.5. The summed E-state index contributed by atoms with van der Waals surface area (Å²) in [5.41, 5.74) is 4.55. The Balaban J connectivity index is 2.46. The van der Waals surface area contributed by atoms with E-state index in [2.05, 4.69) is 44.2 Å². The largest absolute Gasteiger partial charge is 0.490 e. The van der Waals surface area contributed by atoms with Crippen molar-refractivity contribution in [3.05, 3.63) is 64.8 Å². The van der Waals surface area contributed by atoms with E-state index in [-0.39, 0.29) is 6.61 Å². The molecular formula is C23H36O7P2. The van der Waals surface area contributed by atoms with Crippen molar-refractivity contribution in [3.63, 3.8) is 0 Å². The van der Waals surface area contributed by atoms with Gasteiger partial charge in [0.1, 0.15) is 12.4 Å². The average Bonchev–Trinajstić information content (AvgIpc) is 2.67. The van der Waals surface area contributed by atoms with E-state index in [0.29, 0.717) is 17.9 Å². The molecule has 0 aromatic heterocycles.